The van der Waals surface area contributed by atoms with Crippen LogP contribution in [0.5, 0.6) is 5.75 Å². The van der Waals surface area contributed by atoms with Crippen LogP contribution in [0.1, 0.15) is 44.6 Å². The number of fused-ring (bicyclic) bond motifs is 3. The summed E-state index contributed by atoms with van der Waals surface area (Å²) in [5, 5.41) is 1.46. The fourth-order valence-corrected chi connectivity index (χ4v) is 5.19. The highest BCUT2D eigenvalue weighted by Crippen LogP contribution is 2.41. The zero-order valence-corrected chi connectivity index (χ0v) is 16.2. The molecule has 148 valence electrons. The van der Waals surface area contributed by atoms with E-state index in [9.17, 15) is 17.6 Å². The molecule has 1 nitrogen and oxygen atoms in total. The number of allylic oxidation sites excluding steroid dienone is 2. The van der Waals surface area contributed by atoms with Crippen molar-refractivity contribution in [1.29, 1.82) is 0 Å². The van der Waals surface area contributed by atoms with Crippen molar-refractivity contribution in [2.24, 2.45) is 5.92 Å². The summed E-state index contributed by atoms with van der Waals surface area (Å²) >= 11 is 1.17. The van der Waals surface area contributed by atoms with Crippen molar-refractivity contribution < 1.29 is 22.3 Å². The van der Waals surface area contributed by atoms with E-state index in [0.717, 1.165) is 40.5 Å². The predicted molar refractivity (Wildman–Crippen MR) is 106 cm³/mol. The Morgan fingerprint density at radius 2 is 1.93 bits per heavy atom. The number of benzene rings is 2. The molecule has 0 bridgehead atoms. The second kappa shape index (κ2) is 7.39. The van der Waals surface area contributed by atoms with E-state index in [0.29, 0.717) is 5.39 Å². The standard InChI is InChI=1S/C22H20F4OS/c1-2-3-13-4-6-14(7-5-13)15-8-9-16-17-10-11-18(27-22(24,25)26)20(23)21(17)28-19(16)12-15/h6,8-13H,2-5,7H2,1H3. The smallest absolute Gasteiger partial charge is 0.403 e. The maximum atomic E-state index is 14.6. The number of thiophene rings is 1. The molecular formula is C22H20F4OS. The number of rotatable bonds is 4. The first-order valence-corrected chi connectivity index (χ1v) is 10.3. The second-order valence-corrected chi connectivity index (χ2v) is 8.33. The quantitative estimate of drug-likeness (QED) is 0.397. The molecule has 0 spiro atoms. The summed E-state index contributed by atoms with van der Waals surface area (Å²) in [6.45, 7) is 2.21. The third-order valence-electron chi connectivity index (χ3n) is 5.36. The van der Waals surface area contributed by atoms with Crippen LogP contribution in [0.25, 0.3) is 25.7 Å². The monoisotopic (exact) mass is 408 g/mol. The molecule has 0 radical (unpaired) electrons. The van der Waals surface area contributed by atoms with Gasteiger partial charge in [-0.3, -0.25) is 0 Å². The Kier molecular flexibility index (Phi) is 5.08. The number of alkyl halides is 3. The Morgan fingerprint density at radius 3 is 2.61 bits per heavy atom. The van der Waals surface area contributed by atoms with Crippen molar-refractivity contribution in [2.75, 3.05) is 0 Å². The lowest BCUT2D eigenvalue weighted by Gasteiger charge is -2.21. The zero-order chi connectivity index (χ0) is 19.9. The minimum atomic E-state index is -4.92. The average molecular weight is 408 g/mol. The van der Waals surface area contributed by atoms with Gasteiger partial charge in [0.15, 0.2) is 11.6 Å². The van der Waals surface area contributed by atoms with Crippen molar-refractivity contribution in [3.63, 3.8) is 0 Å². The molecular weight excluding hydrogens is 388 g/mol. The lowest BCUT2D eigenvalue weighted by atomic mass is 9.84. The van der Waals surface area contributed by atoms with Gasteiger partial charge < -0.3 is 4.74 Å². The van der Waals surface area contributed by atoms with Gasteiger partial charge in [0.05, 0.1) is 4.70 Å². The van der Waals surface area contributed by atoms with Crippen molar-refractivity contribution in [3.05, 3.63) is 47.8 Å². The summed E-state index contributed by atoms with van der Waals surface area (Å²) < 4.78 is 56.9. The van der Waals surface area contributed by atoms with Crippen LogP contribution >= 0.6 is 11.3 Å². The molecule has 1 unspecified atom stereocenters. The van der Waals surface area contributed by atoms with Crippen molar-refractivity contribution in [1.82, 2.24) is 0 Å². The average Bonchev–Trinajstić information content (AvgIpc) is 3.02. The van der Waals surface area contributed by atoms with Crippen molar-refractivity contribution >= 4 is 37.1 Å². The third kappa shape index (κ3) is 3.75. The Labute approximate surface area is 164 Å². The lowest BCUT2D eigenvalue weighted by molar-refractivity contribution is -0.275. The van der Waals surface area contributed by atoms with E-state index in [2.05, 4.69) is 17.7 Å². The molecule has 0 saturated heterocycles. The van der Waals surface area contributed by atoms with Crippen LogP contribution in [0.2, 0.25) is 0 Å². The lowest BCUT2D eigenvalue weighted by Crippen LogP contribution is -2.17. The third-order valence-corrected chi connectivity index (χ3v) is 6.52. The summed E-state index contributed by atoms with van der Waals surface area (Å²) in [7, 11) is 0. The van der Waals surface area contributed by atoms with Crippen LogP contribution in [0.4, 0.5) is 17.6 Å². The summed E-state index contributed by atoms with van der Waals surface area (Å²) in [6.07, 6.45) is 3.12. The van der Waals surface area contributed by atoms with Gasteiger partial charge in [0.1, 0.15) is 0 Å². The molecule has 0 N–H and O–H groups in total. The Bertz CT molecular complexity index is 1050. The van der Waals surface area contributed by atoms with E-state index in [1.807, 2.05) is 18.2 Å². The van der Waals surface area contributed by atoms with E-state index in [-0.39, 0.29) is 4.70 Å². The molecule has 1 atom stereocenters. The van der Waals surface area contributed by atoms with Gasteiger partial charge in [-0.05, 0) is 54.5 Å². The Morgan fingerprint density at radius 1 is 1.14 bits per heavy atom. The van der Waals surface area contributed by atoms with Crippen LogP contribution in [-0.2, 0) is 0 Å². The highest BCUT2D eigenvalue weighted by Gasteiger charge is 2.33. The summed E-state index contributed by atoms with van der Waals surface area (Å²) in [6, 6.07) is 8.52. The first-order chi connectivity index (χ1) is 13.4. The maximum Gasteiger partial charge on any atom is 0.573 e. The number of halogens is 4. The molecule has 1 heterocycles. The molecule has 0 amide bonds. The first kappa shape index (κ1) is 19.2. The molecule has 1 aromatic heterocycles. The number of ether oxygens (including phenoxy) is 1. The van der Waals surface area contributed by atoms with Gasteiger partial charge in [-0.25, -0.2) is 4.39 Å². The van der Waals surface area contributed by atoms with Crippen LogP contribution in [0, 0.1) is 11.7 Å². The van der Waals surface area contributed by atoms with Crippen LogP contribution < -0.4 is 4.74 Å². The first-order valence-electron chi connectivity index (χ1n) is 9.45. The van der Waals surface area contributed by atoms with Crippen LogP contribution in [0.3, 0.4) is 0 Å². The fourth-order valence-electron chi connectivity index (χ4n) is 4.01. The summed E-state index contributed by atoms with van der Waals surface area (Å²) in [4.78, 5) is 0. The number of hydrogen-bond donors (Lipinski definition) is 0. The topological polar surface area (TPSA) is 9.23 Å². The van der Waals surface area contributed by atoms with Gasteiger partial charge in [0, 0.05) is 15.5 Å². The summed E-state index contributed by atoms with van der Waals surface area (Å²) in [5.41, 5.74) is 2.41. The van der Waals surface area contributed by atoms with Gasteiger partial charge in [0.2, 0.25) is 0 Å². The van der Waals surface area contributed by atoms with E-state index in [1.165, 1.54) is 42.2 Å². The molecule has 0 fully saturated rings. The molecule has 4 rings (SSSR count). The van der Waals surface area contributed by atoms with E-state index in [1.54, 1.807) is 0 Å². The van der Waals surface area contributed by atoms with Gasteiger partial charge in [-0.15, -0.1) is 24.5 Å². The largest absolute Gasteiger partial charge is 0.573 e. The highest BCUT2D eigenvalue weighted by atomic mass is 32.1. The molecule has 0 aliphatic heterocycles. The minimum Gasteiger partial charge on any atom is -0.403 e. The molecule has 28 heavy (non-hydrogen) atoms. The van der Waals surface area contributed by atoms with Gasteiger partial charge in [0.25, 0.3) is 0 Å². The summed E-state index contributed by atoms with van der Waals surface area (Å²) in [5.74, 6) is -0.997. The van der Waals surface area contributed by atoms with E-state index in [4.69, 9.17) is 0 Å². The fraction of sp³-hybridized carbons (Fsp3) is 0.364. The highest BCUT2D eigenvalue weighted by molar-refractivity contribution is 7.25. The number of hydrogen-bond acceptors (Lipinski definition) is 2. The molecule has 0 saturated carbocycles. The van der Waals surface area contributed by atoms with E-state index >= 15 is 0 Å². The van der Waals surface area contributed by atoms with E-state index < -0.39 is 17.9 Å². The Hall–Kier alpha value is -2.08. The van der Waals surface area contributed by atoms with Crippen molar-refractivity contribution in [3.8, 4) is 5.75 Å². The molecule has 2 aromatic carbocycles. The van der Waals surface area contributed by atoms with Crippen LogP contribution in [-0.4, -0.2) is 6.36 Å². The van der Waals surface area contributed by atoms with Gasteiger partial charge in [-0.1, -0.05) is 38.0 Å². The molecule has 1 aliphatic carbocycles. The molecule has 3 aromatic rings. The van der Waals surface area contributed by atoms with Crippen molar-refractivity contribution in [2.45, 2.75) is 45.4 Å². The Balaban J connectivity index is 1.70. The minimum absolute atomic E-state index is 0.189. The predicted octanol–water partition coefficient (Wildman–Crippen LogP) is 8.08. The molecule has 6 heteroatoms. The molecule has 1 aliphatic rings. The normalized spacial score (nSPS) is 17.9. The maximum absolute atomic E-state index is 14.6. The second-order valence-electron chi connectivity index (χ2n) is 7.27. The van der Waals surface area contributed by atoms with Crippen LogP contribution in [0.15, 0.2) is 36.4 Å². The zero-order valence-electron chi connectivity index (χ0n) is 15.4. The van der Waals surface area contributed by atoms with Gasteiger partial charge >= 0.3 is 6.36 Å². The van der Waals surface area contributed by atoms with Gasteiger partial charge in [-0.2, -0.15) is 0 Å². The SMILES string of the molecule is CCCC1CC=C(c2ccc3c(c2)sc2c(F)c(OC(F)(F)F)ccc23)CC1.